The molecule has 0 spiro atoms. The maximum Gasteiger partial charge on any atom is 0.311 e. The van der Waals surface area contributed by atoms with Gasteiger partial charge in [0.25, 0.3) is 5.91 Å². The van der Waals surface area contributed by atoms with Crippen LogP contribution in [0.2, 0.25) is 0 Å². The normalized spacial score (nSPS) is 22.2. The molecule has 166 valence electrons. The highest BCUT2D eigenvalue weighted by atomic mass is 32.2. The minimum atomic E-state index is -3.83. The molecule has 1 aromatic carbocycles. The fourth-order valence-corrected chi connectivity index (χ4v) is 5.50. The van der Waals surface area contributed by atoms with Crippen LogP contribution in [0, 0.1) is 11.7 Å². The second kappa shape index (κ2) is 9.87. The fraction of sp³-hybridized carbons (Fsp3) is 0.619. The number of likely N-dealkylation sites (tertiary alicyclic amines) is 1. The predicted octanol–water partition coefficient (Wildman–Crippen LogP) is 2.56. The predicted molar refractivity (Wildman–Crippen MR) is 108 cm³/mol. The van der Waals surface area contributed by atoms with Crippen LogP contribution in [-0.4, -0.2) is 61.8 Å². The monoisotopic (exact) mass is 440 g/mol. The summed E-state index contributed by atoms with van der Waals surface area (Å²) in [5.74, 6) is -1.90. The van der Waals surface area contributed by atoms with Crippen molar-refractivity contribution < 1.29 is 27.1 Å². The number of sulfonamides is 1. The van der Waals surface area contributed by atoms with Crippen molar-refractivity contribution >= 4 is 21.9 Å². The van der Waals surface area contributed by atoms with Crippen LogP contribution in [0.1, 0.15) is 45.4 Å². The van der Waals surface area contributed by atoms with E-state index in [0.29, 0.717) is 25.9 Å². The molecule has 9 heteroatoms. The first-order valence-electron chi connectivity index (χ1n) is 10.5. The number of rotatable bonds is 5. The van der Waals surface area contributed by atoms with Gasteiger partial charge in [-0.1, -0.05) is 12.8 Å². The molecule has 2 aliphatic rings. The molecule has 2 heterocycles. The van der Waals surface area contributed by atoms with Gasteiger partial charge in [-0.3, -0.25) is 9.59 Å². The first-order chi connectivity index (χ1) is 14.3. The van der Waals surface area contributed by atoms with E-state index in [1.54, 1.807) is 11.8 Å². The molecule has 0 radical (unpaired) electrons. The molecule has 0 unspecified atom stereocenters. The van der Waals surface area contributed by atoms with E-state index in [1.807, 2.05) is 0 Å². The Morgan fingerprint density at radius 3 is 2.30 bits per heavy atom. The van der Waals surface area contributed by atoms with E-state index in [0.717, 1.165) is 37.8 Å². The zero-order valence-electron chi connectivity index (χ0n) is 17.3. The molecule has 0 aliphatic carbocycles. The molecule has 2 saturated heterocycles. The Balaban J connectivity index is 1.61. The van der Waals surface area contributed by atoms with Crippen LogP contribution in [0.3, 0.4) is 0 Å². The van der Waals surface area contributed by atoms with Crippen molar-refractivity contribution in [3.05, 3.63) is 30.1 Å². The molecule has 0 N–H and O–H groups in total. The van der Waals surface area contributed by atoms with Gasteiger partial charge in [-0.25, -0.2) is 12.8 Å². The number of nitrogens with zero attached hydrogens (tertiary/aromatic N) is 2. The van der Waals surface area contributed by atoms with Gasteiger partial charge in [-0.05, 0) is 56.9 Å². The summed E-state index contributed by atoms with van der Waals surface area (Å²) in [7, 11) is -3.83. The standard InChI is InChI=1S/C21H29FN2O5S/c1-16(20(25)23-12-4-2-3-5-13-23)29-21(26)17-7-6-14-24(15-17)30(27,28)19-10-8-18(22)9-11-19/h8-11,16-17H,2-7,12-15H2,1H3/t16-,17+/m0/s1. The van der Waals surface area contributed by atoms with E-state index < -0.39 is 33.8 Å². The third-order valence-corrected chi connectivity index (χ3v) is 7.61. The number of piperidine rings is 1. The van der Waals surface area contributed by atoms with Crippen molar-refractivity contribution in [3.8, 4) is 0 Å². The summed E-state index contributed by atoms with van der Waals surface area (Å²) in [6, 6.07) is 4.63. The van der Waals surface area contributed by atoms with Crippen molar-refractivity contribution in [3.63, 3.8) is 0 Å². The highest BCUT2D eigenvalue weighted by molar-refractivity contribution is 7.89. The second-order valence-electron chi connectivity index (χ2n) is 7.97. The summed E-state index contributed by atoms with van der Waals surface area (Å²) in [4.78, 5) is 27.0. The van der Waals surface area contributed by atoms with E-state index in [-0.39, 0.29) is 23.9 Å². The van der Waals surface area contributed by atoms with Gasteiger partial charge in [0.05, 0.1) is 10.8 Å². The van der Waals surface area contributed by atoms with E-state index in [9.17, 15) is 22.4 Å². The molecule has 3 rings (SSSR count). The lowest BCUT2D eigenvalue weighted by Gasteiger charge is -2.31. The number of halogens is 1. The average molecular weight is 441 g/mol. The summed E-state index contributed by atoms with van der Waals surface area (Å²) in [6.07, 6.45) is 4.21. The summed E-state index contributed by atoms with van der Waals surface area (Å²) >= 11 is 0. The number of esters is 1. The molecular weight excluding hydrogens is 411 g/mol. The number of carbonyl (C=O) groups is 2. The van der Waals surface area contributed by atoms with Crippen LogP contribution in [-0.2, 0) is 24.3 Å². The van der Waals surface area contributed by atoms with Crippen molar-refractivity contribution in [1.82, 2.24) is 9.21 Å². The first kappa shape index (κ1) is 22.7. The molecule has 1 aromatic rings. The largest absolute Gasteiger partial charge is 0.452 e. The maximum absolute atomic E-state index is 13.1. The number of carbonyl (C=O) groups excluding carboxylic acids is 2. The SMILES string of the molecule is C[C@H](OC(=O)[C@@H]1CCCN(S(=O)(=O)c2ccc(F)cc2)C1)C(=O)N1CCCCCC1. The Morgan fingerprint density at radius 1 is 1.03 bits per heavy atom. The smallest absolute Gasteiger partial charge is 0.311 e. The Bertz CT molecular complexity index is 851. The zero-order chi connectivity index (χ0) is 21.7. The minimum Gasteiger partial charge on any atom is -0.452 e. The van der Waals surface area contributed by atoms with Gasteiger partial charge in [0.15, 0.2) is 6.10 Å². The molecule has 0 aromatic heterocycles. The molecule has 0 bridgehead atoms. The lowest BCUT2D eigenvalue weighted by atomic mass is 10.00. The lowest BCUT2D eigenvalue weighted by molar-refractivity contribution is -0.163. The minimum absolute atomic E-state index is 0.0107. The van der Waals surface area contributed by atoms with E-state index in [1.165, 1.54) is 16.4 Å². The van der Waals surface area contributed by atoms with Crippen molar-refractivity contribution in [2.24, 2.45) is 5.92 Å². The van der Waals surface area contributed by atoms with Gasteiger partial charge in [-0.15, -0.1) is 0 Å². The van der Waals surface area contributed by atoms with E-state index in [4.69, 9.17) is 4.74 Å². The third kappa shape index (κ3) is 5.37. The van der Waals surface area contributed by atoms with E-state index >= 15 is 0 Å². The summed E-state index contributed by atoms with van der Waals surface area (Å²) in [6.45, 7) is 3.19. The fourth-order valence-electron chi connectivity index (χ4n) is 3.98. The van der Waals surface area contributed by atoms with E-state index in [2.05, 4.69) is 0 Å². The maximum atomic E-state index is 13.1. The number of benzene rings is 1. The van der Waals surface area contributed by atoms with Crippen molar-refractivity contribution in [1.29, 1.82) is 0 Å². The van der Waals surface area contributed by atoms with Crippen molar-refractivity contribution in [2.75, 3.05) is 26.2 Å². The molecule has 2 fully saturated rings. The van der Waals surface area contributed by atoms with Gasteiger partial charge < -0.3 is 9.64 Å². The van der Waals surface area contributed by atoms with Gasteiger partial charge in [0.1, 0.15) is 5.82 Å². The molecule has 1 amide bonds. The topological polar surface area (TPSA) is 84.0 Å². The number of hydrogen-bond donors (Lipinski definition) is 0. The lowest BCUT2D eigenvalue weighted by Crippen LogP contribution is -2.45. The molecular formula is C21H29FN2O5S. The van der Waals surface area contributed by atoms with Crippen LogP contribution >= 0.6 is 0 Å². The van der Waals surface area contributed by atoms with Crippen LogP contribution in [0.5, 0.6) is 0 Å². The highest BCUT2D eigenvalue weighted by Gasteiger charge is 2.35. The Morgan fingerprint density at radius 2 is 1.67 bits per heavy atom. The quantitative estimate of drug-likeness (QED) is 0.657. The number of ether oxygens (including phenoxy) is 1. The highest BCUT2D eigenvalue weighted by Crippen LogP contribution is 2.25. The zero-order valence-corrected chi connectivity index (χ0v) is 18.1. The number of amides is 1. The first-order valence-corrected chi connectivity index (χ1v) is 12.0. The van der Waals surface area contributed by atoms with Gasteiger partial charge in [0.2, 0.25) is 10.0 Å². The third-order valence-electron chi connectivity index (χ3n) is 5.73. The van der Waals surface area contributed by atoms with Crippen LogP contribution in [0.15, 0.2) is 29.2 Å². The molecule has 0 saturated carbocycles. The van der Waals surface area contributed by atoms with Crippen LogP contribution in [0.4, 0.5) is 4.39 Å². The summed E-state index contributed by atoms with van der Waals surface area (Å²) in [5.41, 5.74) is 0. The van der Waals surface area contributed by atoms with Crippen LogP contribution < -0.4 is 0 Å². The van der Waals surface area contributed by atoms with Gasteiger partial charge in [0, 0.05) is 26.2 Å². The van der Waals surface area contributed by atoms with Gasteiger partial charge >= 0.3 is 5.97 Å². The molecule has 2 aliphatic heterocycles. The molecule has 7 nitrogen and oxygen atoms in total. The average Bonchev–Trinajstić information content (AvgIpc) is 3.03. The summed E-state index contributed by atoms with van der Waals surface area (Å²) in [5, 5.41) is 0. The second-order valence-corrected chi connectivity index (χ2v) is 9.91. The Labute approximate surface area is 177 Å². The van der Waals surface area contributed by atoms with Crippen molar-refractivity contribution in [2.45, 2.75) is 56.4 Å². The van der Waals surface area contributed by atoms with Crippen LogP contribution in [0.25, 0.3) is 0 Å². The molecule has 2 atom stereocenters. The summed E-state index contributed by atoms with van der Waals surface area (Å²) < 4.78 is 45.4. The Hall–Kier alpha value is -2.00. The molecule has 30 heavy (non-hydrogen) atoms. The van der Waals surface area contributed by atoms with Gasteiger partial charge in [-0.2, -0.15) is 4.31 Å². The number of hydrogen-bond acceptors (Lipinski definition) is 5. The Kier molecular flexibility index (Phi) is 7.46.